The topological polar surface area (TPSA) is 148 Å². The van der Waals surface area contributed by atoms with Crippen LogP contribution in [0.2, 0.25) is 0 Å². The third-order valence-corrected chi connectivity index (χ3v) is 12.4. The molecule has 4 atom stereocenters. The summed E-state index contributed by atoms with van der Waals surface area (Å²) >= 11 is 5.24. The second kappa shape index (κ2) is 17.8. The first-order valence-corrected chi connectivity index (χ1v) is 20.5. The Kier molecular flexibility index (Phi) is 12.7. The molecule has 0 saturated carbocycles. The quantitative estimate of drug-likeness (QED) is 0.122. The first-order chi connectivity index (χ1) is 26.9. The first-order valence-electron chi connectivity index (χ1n) is 20.1. The predicted octanol–water partition coefficient (Wildman–Crippen LogP) is 7.42. The molecule has 0 aliphatic carbocycles. The molecule has 10 rings (SSSR count). The summed E-state index contributed by atoms with van der Waals surface area (Å²) in [6.07, 6.45) is 20.6. The zero-order chi connectivity index (χ0) is 37.9. The van der Waals surface area contributed by atoms with Crippen LogP contribution in [0.15, 0.2) is 49.3 Å². The maximum atomic E-state index is 13.0. The van der Waals surface area contributed by atoms with Gasteiger partial charge in [-0.3, -0.25) is 13.6 Å². The molecule has 0 spiro atoms. The largest absolute Gasteiger partial charge is 0.345 e. The van der Waals surface area contributed by atoms with Gasteiger partial charge in [-0.05, 0) is 93.5 Å². The van der Waals surface area contributed by atoms with Crippen LogP contribution in [0.5, 0.6) is 0 Å². The lowest BCUT2D eigenvalue weighted by molar-refractivity contribution is 0.118. The molecule has 16 heteroatoms. The number of rotatable bonds is 2. The van der Waals surface area contributed by atoms with Crippen LogP contribution in [-0.4, -0.2) is 117 Å². The number of imidazole rings is 2. The van der Waals surface area contributed by atoms with Crippen molar-refractivity contribution in [2.45, 2.75) is 77.0 Å². The number of halogens is 2. The smallest absolute Gasteiger partial charge is 0.320 e. The van der Waals surface area contributed by atoms with Gasteiger partial charge in [-0.25, -0.2) is 24.7 Å². The highest BCUT2D eigenvalue weighted by Gasteiger charge is 2.35. The van der Waals surface area contributed by atoms with Gasteiger partial charge in [0.15, 0.2) is 11.3 Å². The fourth-order valence-corrected chi connectivity index (χ4v) is 8.96. The van der Waals surface area contributed by atoms with Crippen molar-refractivity contribution in [2.24, 2.45) is 11.8 Å². The van der Waals surface area contributed by atoms with Crippen molar-refractivity contribution in [1.29, 1.82) is 0 Å². The highest BCUT2D eigenvalue weighted by Crippen LogP contribution is 2.34. The molecule has 6 aromatic heterocycles. The molecular formula is C40H54Cl2N12O2. The fourth-order valence-electron chi connectivity index (χ4n) is 8.79. The lowest BCUT2D eigenvalue weighted by atomic mass is 9.86. The van der Waals surface area contributed by atoms with Crippen molar-refractivity contribution in [3.05, 3.63) is 61.0 Å². The molecule has 6 aromatic rings. The molecule has 4 aliphatic rings. The Hall–Kier alpha value is -4.40. The molecule has 3 N–H and O–H groups in total. The minimum atomic E-state index is -0.297. The minimum Gasteiger partial charge on any atom is -0.345 e. The number of nitrogens with one attached hydrogen (secondary N) is 3. The number of piperidine rings is 4. The van der Waals surface area contributed by atoms with E-state index in [4.69, 9.17) is 16.6 Å². The number of nitrogens with zero attached hydrogens (tertiary/aromatic N) is 9. The zero-order valence-corrected chi connectivity index (χ0v) is 33.9. The Balaban J connectivity index is 0.000000144. The van der Waals surface area contributed by atoms with E-state index in [0.29, 0.717) is 17.8 Å². The third-order valence-electron chi connectivity index (χ3n) is 12.1. The summed E-state index contributed by atoms with van der Waals surface area (Å²) in [5, 5.41) is 3.19. The standard InChI is InChI=1S/C20H26N6O.C14H17N5.C6H10ClNO.ClH/c1-14-6-10-25(20(27)24-8-3-2-4-9-24)13-16(14)19-23-12-15-11-22-18-17(26(15)19)5-7-21-18;1-9-2-4-15-8-11(9)14-18-7-10-6-17-13-12(19(10)14)3-5-16-13;7-6(9)8-4-2-1-3-5-8;/h5,7,11-12,14,16,21H,2-4,6,8-10,13H2,1H3;3,5-7,9,11,15-16H,2,4,8H2,1H3;1-5H2;1H/t14-,16+;9-,11+;;/m11../s1. The summed E-state index contributed by atoms with van der Waals surface area (Å²) < 4.78 is 4.45. The Morgan fingerprint density at radius 2 is 1.18 bits per heavy atom. The van der Waals surface area contributed by atoms with Crippen LogP contribution in [0.25, 0.3) is 33.4 Å². The van der Waals surface area contributed by atoms with Crippen LogP contribution in [0.4, 0.5) is 9.59 Å². The normalized spacial score (nSPS) is 23.0. The molecule has 10 heterocycles. The number of likely N-dealkylation sites (tertiary alicyclic amines) is 3. The second-order valence-electron chi connectivity index (χ2n) is 15.7. The molecule has 56 heavy (non-hydrogen) atoms. The van der Waals surface area contributed by atoms with Gasteiger partial charge in [0.25, 0.3) is 0 Å². The molecule has 4 aliphatic heterocycles. The molecule has 4 saturated heterocycles. The summed E-state index contributed by atoms with van der Waals surface area (Å²) in [6, 6.07) is 4.33. The van der Waals surface area contributed by atoms with Crippen LogP contribution in [0.3, 0.4) is 0 Å². The molecule has 0 unspecified atom stereocenters. The van der Waals surface area contributed by atoms with Crippen molar-refractivity contribution in [3.8, 4) is 0 Å². The lowest BCUT2D eigenvalue weighted by Gasteiger charge is -2.40. The Morgan fingerprint density at radius 1 is 0.661 bits per heavy atom. The maximum absolute atomic E-state index is 13.0. The maximum Gasteiger partial charge on any atom is 0.320 e. The highest BCUT2D eigenvalue weighted by molar-refractivity contribution is 6.62. The summed E-state index contributed by atoms with van der Waals surface area (Å²) in [5.74, 6) is 4.05. The molecule has 3 amide bonds. The second-order valence-corrected chi connectivity index (χ2v) is 16.0. The summed E-state index contributed by atoms with van der Waals surface area (Å²) in [4.78, 5) is 53.9. The number of fused-ring (bicyclic) bond motifs is 6. The van der Waals surface area contributed by atoms with Crippen molar-refractivity contribution >= 4 is 68.8 Å². The summed E-state index contributed by atoms with van der Waals surface area (Å²) in [7, 11) is 0. The minimum absolute atomic E-state index is 0. The van der Waals surface area contributed by atoms with E-state index in [9.17, 15) is 9.59 Å². The first kappa shape index (κ1) is 39.8. The van der Waals surface area contributed by atoms with Crippen LogP contribution >= 0.6 is 24.0 Å². The number of carbonyl (C=O) groups excluding carboxylic acids is 2. The van der Waals surface area contributed by atoms with Gasteiger partial charge in [0, 0.05) is 70.0 Å². The van der Waals surface area contributed by atoms with Gasteiger partial charge in [-0.15, -0.1) is 12.4 Å². The van der Waals surface area contributed by atoms with Crippen molar-refractivity contribution in [3.63, 3.8) is 0 Å². The molecule has 14 nitrogen and oxygen atoms in total. The fraction of sp³-hybridized carbons (Fsp3) is 0.550. The van der Waals surface area contributed by atoms with E-state index in [1.165, 1.54) is 19.3 Å². The van der Waals surface area contributed by atoms with Crippen LogP contribution in [0, 0.1) is 11.8 Å². The van der Waals surface area contributed by atoms with E-state index in [1.807, 2.05) is 53.0 Å². The zero-order valence-electron chi connectivity index (χ0n) is 32.4. The van der Waals surface area contributed by atoms with Gasteiger partial charge >= 0.3 is 11.4 Å². The monoisotopic (exact) mass is 804 g/mol. The van der Waals surface area contributed by atoms with Gasteiger partial charge in [-0.1, -0.05) is 13.8 Å². The summed E-state index contributed by atoms with van der Waals surface area (Å²) in [5.41, 5.74) is 6.02. The van der Waals surface area contributed by atoms with E-state index in [-0.39, 0.29) is 29.7 Å². The van der Waals surface area contributed by atoms with Gasteiger partial charge in [0.05, 0.1) is 46.9 Å². The molecule has 0 bridgehead atoms. The van der Waals surface area contributed by atoms with E-state index < -0.39 is 0 Å². The van der Waals surface area contributed by atoms with Crippen molar-refractivity contribution in [1.82, 2.24) is 58.7 Å². The van der Waals surface area contributed by atoms with Crippen molar-refractivity contribution < 1.29 is 9.59 Å². The Labute approximate surface area is 338 Å². The van der Waals surface area contributed by atoms with Crippen molar-refractivity contribution in [2.75, 3.05) is 52.4 Å². The third kappa shape index (κ3) is 8.19. The Bertz CT molecular complexity index is 2230. The van der Waals surface area contributed by atoms with Gasteiger partial charge < -0.3 is 30.0 Å². The number of hydrogen-bond donors (Lipinski definition) is 3. The lowest BCUT2D eigenvalue weighted by Crippen LogP contribution is -2.50. The van der Waals surface area contributed by atoms with E-state index >= 15 is 0 Å². The Morgan fingerprint density at radius 3 is 1.71 bits per heavy atom. The molecule has 4 fully saturated rings. The van der Waals surface area contributed by atoms with Gasteiger partial charge in [-0.2, -0.15) is 0 Å². The highest BCUT2D eigenvalue weighted by atomic mass is 35.5. The van der Waals surface area contributed by atoms with Gasteiger partial charge in [0.2, 0.25) is 0 Å². The van der Waals surface area contributed by atoms with Gasteiger partial charge in [0.1, 0.15) is 11.6 Å². The number of hydrogen-bond acceptors (Lipinski definition) is 7. The van der Waals surface area contributed by atoms with E-state index in [0.717, 1.165) is 129 Å². The average molecular weight is 806 g/mol. The van der Waals surface area contributed by atoms with Crippen LogP contribution in [-0.2, 0) is 0 Å². The number of amides is 3. The molecule has 0 radical (unpaired) electrons. The summed E-state index contributed by atoms with van der Waals surface area (Å²) in [6.45, 7) is 11.8. The molecule has 300 valence electrons. The predicted molar refractivity (Wildman–Crippen MR) is 222 cm³/mol. The average Bonchev–Trinajstić information content (AvgIpc) is 4.05. The number of aromatic amines is 2. The van der Waals surface area contributed by atoms with E-state index in [2.05, 4.69) is 59.0 Å². The number of H-pyrrole nitrogens is 2. The van der Waals surface area contributed by atoms with E-state index in [1.54, 1.807) is 4.90 Å². The number of aromatic nitrogens is 8. The SMILES string of the molecule is C[C@@H]1CCN(C(=O)N2CCCCC2)C[C@@H]1c1ncc2cnc3[nH]ccc3n12.C[C@@H]1CCNC[C@@H]1c1ncc2cnc3[nH]ccc3n12.Cl.O=C(Cl)N1CCCCC1. The van der Waals surface area contributed by atoms with Crippen LogP contribution < -0.4 is 5.32 Å². The number of urea groups is 1. The van der Waals surface area contributed by atoms with Crippen LogP contribution in [0.1, 0.15) is 88.7 Å². The number of carbonyl (C=O) groups is 2. The molecule has 0 aromatic carbocycles. The molecular weight excluding hydrogens is 751 g/mol.